The highest BCUT2D eigenvalue weighted by atomic mass is 35.5. The van der Waals surface area contributed by atoms with Crippen molar-refractivity contribution in [2.45, 2.75) is 55.9 Å². The van der Waals surface area contributed by atoms with E-state index in [-0.39, 0.29) is 34.3 Å². The Kier molecular flexibility index (Phi) is 8.39. The molecule has 1 atom stereocenters. The molecule has 3 aromatic rings. The SMILES string of the molecule is Cc1cc(CSc2ccc(Cl)cc2)c(C)c(C2C(C#N)=C(N)N(c3cc(C(F)(F)F)ccc3Cl)C3=C2C(=O)CCC3)c1. The van der Waals surface area contributed by atoms with Crippen molar-refractivity contribution in [1.82, 2.24) is 0 Å². The third-order valence-electron chi connectivity index (χ3n) is 7.65. The summed E-state index contributed by atoms with van der Waals surface area (Å²) in [6, 6.07) is 16.8. The Labute approximate surface area is 256 Å². The molecule has 0 radical (unpaired) electrons. The fourth-order valence-electron chi connectivity index (χ4n) is 5.64. The van der Waals surface area contributed by atoms with E-state index in [2.05, 4.69) is 12.1 Å². The minimum Gasteiger partial charge on any atom is -0.384 e. The fourth-order valence-corrected chi connectivity index (χ4v) is 6.92. The summed E-state index contributed by atoms with van der Waals surface area (Å²) in [5.74, 6) is -0.303. The molecule has 0 amide bonds. The van der Waals surface area contributed by atoms with Crippen molar-refractivity contribution in [2.24, 2.45) is 5.73 Å². The van der Waals surface area contributed by atoms with E-state index < -0.39 is 17.7 Å². The van der Waals surface area contributed by atoms with Crippen LogP contribution in [0.2, 0.25) is 10.0 Å². The number of hydrogen-bond donors (Lipinski definition) is 1. The summed E-state index contributed by atoms with van der Waals surface area (Å²) < 4.78 is 41.0. The van der Waals surface area contributed by atoms with E-state index in [1.54, 1.807) is 11.8 Å². The van der Waals surface area contributed by atoms with Gasteiger partial charge in [-0.3, -0.25) is 9.69 Å². The predicted molar refractivity (Wildman–Crippen MR) is 161 cm³/mol. The molecule has 1 heterocycles. The van der Waals surface area contributed by atoms with Gasteiger partial charge in [0.1, 0.15) is 5.82 Å². The number of aryl methyl sites for hydroxylation is 1. The van der Waals surface area contributed by atoms with Gasteiger partial charge in [-0.2, -0.15) is 18.4 Å². The van der Waals surface area contributed by atoms with Crippen molar-refractivity contribution in [1.29, 1.82) is 5.26 Å². The summed E-state index contributed by atoms with van der Waals surface area (Å²) in [5.41, 5.74) is 10.4. The van der Waals surface area contributed by atoms with Crippen LogP contribution in [0.15, 0.2) is 82.2 Å². The molecule has 2 aliphatic rings. The molecule has 0 aromatic heterocycles. The van der Waals surface area contributed by atoms with E-state index in [1.165, 1.54) is 4.90 Å². The van der Waals surface area contributed by atoms with Crippen LogP contribution in [-0.4, -0.2) is 5.78 Å². The van der Waals surface area contributed by atoms with Crippen LogP contribution in [0, 0.1) is 25.2 Å². The lowest BCUT2D eigenvalue weighted by atomic mass is 9.73. The Morgan fingerprint density at radius 2 is 1.79 bits per heavy atom. The van der Waals surface area contributed by atoms with Crippen LogP contribution in [0.5, 0.6) is 0 Å². The lowest BCUT2D eigenvalue weighted by molar-refractivity contribution is -0.137. The molecular weight excluding hydrogens is 602 g/mol. The second kappa shape index (κ2) is 11.7. The first-order valence-electron chi connectivity index (χ1n) is 13.2. The first-order chi connectivity index (χ1) is 19.9. The highest BCUT2D eigenvalue weighted by Crippen LogP contribution is 2.49. The number of alkyl halides is 3. The molecule has 42 heavy (non-hydrogen) atoms. The van der Waals surface area contributed by atoms with Crippen molar-refractivity contribution in [2.75, 3.05) is 4.90 Å². The first kappa shape index (κ1) is 30.1. The van der Waals surface area contributed by atoms with E-state index in [9.17, 15) is 23.2 Å². The summed E-state index contributed by atoms with van der Waals surface area (Å²) in [4.78, 5) is 16.0. The van der Waals surface area contributed by atoms with Gasteiger partial charge in [0.25, 0.3) is 0 Å². The summed E-state index contributed by atoms with van der Waals surface area (Å²) >= 11 is 14.1. The first-order valence-corrected chi connectivity index (χ1v) is 15.0. The number of anilines is 1. The van der Waals surface area contributed by atoms with Crippen molar-refractivity contribution in [3.8, 4) is 6.07 Å². The number of hydrogen-bond acceptors (Lipinski definition) is 5. The molecule has 1 aliphatic carbocycles. The number of carbonyl (C=O) groups excluding carboxylic acids is 1. The molecule has 10 heteroatoms. The van der Waals surface area contributed by atoms with Gasteiger partial charge in [-0.25, -0.2) is 0 Å². The zero-order chi connectivity index (χ0) is 30.3. The number of Topliss-reactive ketones (excluding diaryl/α,β-unsaturated/α-hetero) is 1. The standard InChI is InChI=1S/C32H26Cl2F3N3OS/c1-17-12-19(16-42-22-9-7-21(33)8-10-22)18(2)23(13-17)29-24(15-38)31(39)40(26-4-3-5-28(41)30(26)29)27-14-20(32(35,36)37)6-11-25(27)34/h6-14,29H,3-5,16,39H2,1-2H3. The smallest absolute Gasteiger partial charge is 0.384 e. The summed E-state index contributed by atoms with van der Waals surface area (Å²) in [7, 11) is 0. The Morgan fingerprint density at radius 1 is 1.07 bits per heavy atom. The molecule has 4 nitrogen and oxygen atoms in total. The molecule has 2 N–H and O–H groups in total. The molecular formula is C32H26Cl2F3N3OS. The quantitative estimate of drug-likeness (QED) is 0.285. The van der Waals surface area contributed by atoms with Crippen LogP contribution in [0.25, 0.3) is 0 Å². The Bertz CT molecular complexity index is 1690. The van der Waals surface area contributed by atoms with E-state index in [4.69, 9.17) is 28.9 Å². The Balaban J connectivity index is 1.66. The van der Waals surface area contributed by atoms with E-state index >= 15 is 0 Å². The van der Waals surface area contributed by atoms with Crippen molar-refractivity contribution < 1.29 is 18.0 Å². The maximum Gasteiger partial charge on any atom is 0.416 e. The molecule has 0 saturated heterocycles. The predicted octanol–water partition coefficient (Wildman–Crippen LogP) is 9.23. The van der Waals surface area contributed by atoms with Gasteiger partial charge in [0.05, 0.1) is 33.8 Å². The van der Waals surface area contributed by atoms with Gasteiger partial charge in [-0.15, -0.1) is 11.8 Å². The number of thioether (sulfide) groups is 1. The van der Waals surface area contributed by atoms with E-state index in [1.807, 2.05) is 44.2 Å². The van der Waals surface area contributed by atoms with Crippen LogP contribution in [-0.2, 0) is 16.7 Å². The molecule has 3 aromatic carbocycles. The maximum absolute atomic E-state index is 13.7. The maximum atomic E-state index is 13.7. The zero-order valence-electron chi connectivity index (χ0n) is 22.8. The molecule has 216 valence electrons. The highest BCUT2D eigenvalue weighted by Gasteiger charge is 2.42. The number of allylic oxidation sites excluding steroid dienone is 3. The number of carbonyl (C=O) groups is 1. The minimum atomic E-state index is -4.62. The molecule has 1 unspecified atom stereocenters. The molecule has 0 saturated carbocycles. The van der Waals surface area contributed by atoms with Crippen LogP contribution in [0.1, 0.15) is 53.0 Å². The topological polar surface area (TPSA) is 70.1 Å². The number of halogens is 5. The highest BCUT2D eigenvalue weighted by molar-refractivity contribution is 7.98. The Morgan fingerprint density at radius 3 is 2.45 bits per heavy atom. The monoisotopic (exact) mass is 627 g/mol. The summed E-state index contributed by atoms with van der Waals surface area (Å²) in [5, 5.41) is 11.1. The van der Waals surface area contributed by atoms with E-state index in [0.29, 0.717) is 34.9 Å². The van der Waals surface area contributed by atoms with Gasteiger partial charge in [-0.05, 0) is 85.8 Å². The molecule has 0 fully saturated rings. The zero-order valence-corrected chi connectivity index (χ0v) is 25.1. The van der Waals surface area contributed by atoms with Gasteiger partial charge in [-0.1, -0.05) is 40.9 Å². The lowest BCUT2D eigenvalue weighted by Crippen LogP contribution is -2.39. The molecule has 0 bridgehead atoms. The van der Waals surface area contributed by atoms with Gasteiger partial charge in [0.15, 0.2) is 5.78 Å². The number of rotatable bonds is 5. The van der Waals surface area contributed by atoms with Gasteiger partial charge in [0.2, 0.25) is 0 Å². The average Bonchev–Trinajstić information content (AvgIpc) is 2.94. The fraction of sp³-hybridized carbons (Fsp3) is 0.250. The number of nitrogens with zero attached hydrogens (tertiary/aromatic N) is 2. The Hall–Kier alpha value is -3.38. The third kappa shape index (κ3) is 5.66. The average molecular weight is 629 g/mol. The third-order valence-corrected chi connectivity index (χ3v) is 9.28. The van der Waals surface area contributed by atoms with Crippen molar-refractivity contribution >= 4 is 46.4 Å². The second-order valence-electron chi connectivity index (χ2n) is 10.4. The number of ketones is 1. The minimum absolute atomic E-state index is 0.0154. The molecule has 5 rings (SSSR count). The van der Waals surface area contributed by atoms with Gasteiger partial charge >= 0.3 is 6.18 Å². The van der Waals surface area contributed by atoms with Gasteiger partial charge in [0, 0.05) is 33.4 Å². The summed E-state index contributed by atoms with van der Waals surface area (Å²) in [6.07, 6.45) is -3.45. The van der Waals surface area contributed by atoms with Crippen LogP contribution >= 0.6 is 35.0 Å². The van der Waals surface area contributed by atoms with Crippen molar-refractivity contribution in [3.05, 3.63) is 115 Å². The van der Waals surface area contributed by atoms with Crippen LogP contribution < -0.4 is 10.6 Å². The number of benzene rings is 3. The lowest BCUT2D eigenvalue weighted by Gasteiger charge is -2.40. The molecule has 0 spiro atoms. The number of nitrogens with two attached hydrogens (primary N) is 1. The largest absolute Gasteiger partial charge is 0.416 e. The van der Waals surface area contributed by atoms with Crippen molar-refractivity contribution in [3.63, 3.8) is 0 Å². The summed E-state index contributed by atoms with van der Waals surface area (Å²) in [6.45, 7) is 3.91. The van der Waals surface area contributed by atoms with E-state index in [0.717, 1.165) is 45.3 Å². The van der Waals surface area contributed by atoms with Gasteiger partial charge < -0.3 is 5.73 Å². The number of nitriles is 1. The van der Waals surface area contributed by atoms with Crippen LogP contribution in [0.3, 0.4) is 0 Å². The second-order valence-corrected chi connectivity index (χ2v) is 12.3. The molecule has 1 aliphatic heterocycles. The van der Waals surface area contributed by atoms with Crippen LogP contribution in [0.4, 0.5) is 18.9 Å². The normalized spacial score (nSPS) is 17.4.